The molecule has 2 aliphatic heterocycles. The number of ether oxygens (including phenoxy) is 5. The van der Waals surface area contributed by atoms with Gasteiger partial charge in [0.05, 0.1) is 0 Å². The van der Waals surface area contributed by atoms with Crippen LogP contribution in [-0.2, 0) is 39.9 Å². The number of carbonyl (C=O) groups is 3. The number of fused-ring (bicyclic) bond motifs is 1. The lowest BCUT2D eigenvalue weighted by Crippen LogP contribution is -2.47. The molecule has 0 unspecified atom stereocenters. The molecule has 30 heavy (non-hydrogen) atoms. The maximum absolute atomic E-state index is 12.3. The molecule has 0 radical (unpaired) electrons. The highest BCUT2D eigenvalue weighted by Gasteiger charge is 2.55. The van der Waals surface area contributed by atoms with E-state index in [4.69, 9.17) is 23.7 Å². The number of nitrogens with one attached hydrogen (secondary N) is 2. The van der Waals surface area contributed by atoms with E-state index in [2.05, 4.69) is 10.6 Å². The number of amides is 2. The Hall–Kier alpha value is -2.69. The third-order valence-electron chi connectivity index (χ3n) is 4.51. The van der Waals surface area contributed by atoms with Crippen LogP contribution in [0.4, 0.5) is 4.79 Å². The highest BCUT2D eigenvalue weighted by molar-refractivity contribution is 5.82. The van der Waals surface area contributed by atoms with Crippen LogP contribution in [0.25, 0.3) is 0 Å². The zero-order chi connectivity index (χ0) is 21.7. The molecule has 0 aromatic heterocycles. The molecule has 0 bridgehead atoms. The fourth-order valence-corrected chi connectivity index (χ4v) is 3.27. The monoisotopic (exact) mass is 422 g/mol. The summed E-state index contributed by atoms with van der Waals surface area (Å²) in [4.78, 5) is 35.1. The first-order chi connectivity index (χ1) is 14.2. The molecule has 10 nitrogen and oxygen atoms in total. The van der Waals surface area contributed by atoms with Crippen LogP contribution in [0.3, 0.4) is 0 Å². The van der Waals surface area contributed by atoms with Gasteiger partial charge < -0.3 is 34.3 Å². The molecule has 2 fully saturated rings. The zero-order valence-electron chi connectivity index (χ0n) is 17.1. The molecule has 2 N–H and O–H groups in total. The zero-order valence-corrected chi connectivity index (χ0v) is 17.1. The summed E-state index contributed by atoms with van der Waals surface area (Å²) >= 11 is 0. The van der Waals surface area contributed by atoms with Gasteiger partial charge in [0, 0.05) is 6.92 Å². The Morgan fingerprint density at radius 2 is 1.77 bits per heavy atom. The summed E-state index contributed by atoms with van der Waals surface area (Å²) in [6.07, 6.45) is -3.20. The first kappa shape index (κ1) is 22.0. The molecule has 0 aliphatic carbocycles. The van der Waals surface area contributed by atoms with Crippen LogP contribution in [-0.4, -0.2) is 61.4 Å². The van der Waals surface area contributed by atoms with Crippen molar-refractivity contribution >= 4 is 18.0 Å². The van der Waals surface area contributed by atoms with Gasteiger partial charge >= 0.3 is 12.1 Å². The smallest absolute Gasteiger partial charge is 0.407 e. The summed E-state index contributed by atoms with van der Waals surface area (Å²) in [5, 5.41) is 5.04. The highest BCUT2D eigenvalue weighted by atomic mass is 16.8. The van der Waals surface area contributed by atoms with Crippen LogP contribution >= 0.6 is 0 Å². The Bertz CT molecular complexity index is 769. The van der Waals surface area contributed by atoms with Crippen molar-refractivity contribution in [1.82, 2.24) is 10.6 Å². The van der Waals surface area contributed by atoms with E-state index in [1.165, 1.54) is 6.92 Å². The van der Waals surface area contributed by atoms with Crippen LogP contribution in [0.5, 0.6) is 0 Å². The van der Waals surface area contributed by atoms with Gasteiger partial charge in [-0.3, -0.25) is 9.59 Å². The molecule has 0 saturated carbocycles. The van der Waals surface area contributed by atoms with E-state index in [0.29, 0.717) is 0 Å². The summed E-state index contributed by atoms with van der Waals surface area (Å²) < 4.78 is 27.5. The molecule has 164 valence electrons. The Morgan fingerprint density at radius 3 is 2.47 bits per heavy atom. The maximum Gasteiger partial charge on any atom is 0.407 e. The van der Waals surface area contributed by atoms with Gasteiger partial charge in [-0.25, -0.2) is 4.79 Å². The van der Waals surface area contributed by atoms with E-state index in [9.17, 15) is 14.4 Å². The molecule has 2 amide bonds. The standard InChI is InChI=1S/C20H26N2O8/c1-12(23)26-11-14-16-17(30-20(2,3)29-16)18(28-14)22-15(24)9-21-19(25)27-10-13-7-5-4-6-8-13/h4-8,14,16-18H,9-11H2,1-3H3,(H,21,25)(H,22,24)/t14-,16-,17-,18+/m1/s1. The van der Waals surface area contributed by atoms with Gasteiger partial charge in [0.15, 0.2) is 12.0 Å². The van der Waals surface area contributed by atoms with E-state index in [1.807, 2.05) is 30.3 Å². The van der Waals surface area contributed by atoms with Gasteiger partial charge in [0.25, 0.3) is 0 Å². The maximum atomic E-state index is 12.3. The van der Waals surface area contributed by atoms with Crippen molar-refractivity contribution in [3.63, 3.8) is 0 Å². The molecule has 4 atom stereocenters. The molecule has 2 saturated heterocycles. The second-order valence-corrected chi connectivity index (χ2v) is 7.45. The number of benzene rings is 1. The second kappa shape index (κ2) is 9.41. The van der Waals surface area contributed by atoms with Gasteiger partial charge in [-0.05, 0) is 19.4 Å². The average Bonchev–Trinajstić information content (AvgIpc) is 3.17. The van der Waals surface area contributed by atoms with Gasteiger partial charge in [-0.1, -0.05) is 30.3 Å². The molecule has 1 aromatic carbocycles. The van der Waals surface area contributed by atoms with E-state index in [1.54, 1.807) is 13.8 Å². The van der Waals surface area contributed by atoms with Crippen molar-refractivity contribution in [1.29, 1.82) is 0 Å². The molecule has 10 heteroatoms. The van der Waals surface area contributed by atoms with E-state index >= 15 is 0 Å². The number of alkyl carbamates (subject to hydrolysis) is 1. The van der Waals surface area contributed by atoms with Gasteiger partial charge in [-0.15, -0.1) is 0 Å². The number of rotatable bonds is 7. The summed E-state index contributed by atoms with van der Waals surface area (Å²) in [7, 11) is 0. The van der Waals surface area contributed by atoms with E-state index in [0.717, 1.165) is 5.56 Å². The Labute approximate surface area is 174 Å². The Kier molecular flexibility index (Phi) is 6.91. The second-order valence-electron chi connectivity index (χ2n) is 7.45. The fraction of sp³-hybridized carbons (Fsp3) is 0.550. The van der Waals surface area contributed by atoms with Gasteiger partial charge in [0.2, 0.25) is 5.91 Å². The first-order valence-corrected chi connectivity index (χ1v) is 9.62. The number of hydrogen-bond donors (Lipinski definition) is 2. The van der Waals surface area contributed by atoms with Crippen LogP contribution in [0.1, 0.15) is 26.3 Å². The Morgan fingerprint density at radius 1 is 1.07 bits per heavy atom. The topological polar surface area (TPSA) is 121 Å². The predicted molar refractivity (Wildman–Crippen MR) is 102 cm³/mol. The molecule has 1 aromatic rings. The normalized spacial score (nSPS) is 26.5. The van der Waals surface area contributed by atoms with Crippen LogP contribution < -0.4 is 10.6 Å². The fourth-order valence-electron chi connectivity index (χ4n) is 3.27. The van der Waals surface area contributed by atoms with Crippen molar-refractivity contribution in [2.45, 2.75) is 57.7 Å². The van der Waals surface area contributed by atoms with Crippen LogP contribution in [0.15, 0.2) is 30.3 Å². The SMILES string of the molecule is CC(=O)OC[C@H]1O[C@H](NC(=O)CNC(=O)OCc2ccccc2)[C@@H]2OC(C)(C)O[C@@H]21. The summed E-state index contributed by atoms with van der Waals surface area (Å²) in [5.41, 5.74) is 0.835. The third kappa shape index (κ3) is 5.91. The van der Waals surface area contributed by atoms with Crippen molar-refractivity contribution < 1.29 is 38.1 Å². The van der Waals surface area contributed by atoms with E-state index in [-0.39, 0.29) is 19.8 Å². The molecule has 2 heterocycles. The Balaban J connectivity index is 1.46. The lowest BCUT2D eigenvalue weighted by molar-refractivity contribution is -0.196. The molecule has 0 spiro atoms. The third-order valence-corrected chi connectivity index (χ3v) is 4.51. The van der Waals surface area contributed by atoms with Crippen LogP contribution in [0.2, 0.25) is 0 Å². The average molecular weight is 422 g/mol. The molecular formula is C20H26N2O8. The van der Waals surface area contributed by atoms with Crippen molar-refractivity contribution in [2.24, 2.45) is 0 Å². The molecular weight excluding hydrogens is 396 g/mol. The first-order valence-electron chi connectivity index (χ1n) is 9.62. The summed E-state index contributed by atoms with van der Waals surface area (Å²) in [6, 6.07) is 9.19. The number of carbonyl (C=O) groups excluding carboxylic acids is 3. The van der Waals surface area contributed by atoms with Crippen molar-refractivity contribution in [3.8, 4) is 0 Å². The van der Waals surface area contributed by atoms with Crippen molar-refractivity contribution in [2.75, 3.05) is 13.2 Å². The van der Waals surface area contributed by atoms with Crippen LogP contribution in [0, 0.1) is 0 Å². The summed E-state index contributed by atoms with van der Waals surface area (Å²) in [5.74, 6) is -1.80. The lowest BCUT2D eigenvalue weighted by Gasteiger charge is -2.24. The predicted octanol–water partition coefficient (Wildman–Crippen LogP) is 0.837. The minimum absolute atomic E-state index is 0.0215. The molecule has 2 aliphatic rings. The van der Waals surface area contributed by atoms with E-state index < -0.39 is 48.3 Å². The highest BCUT2D eigenvalue weighted by Crippen LogP contribution is 2.38. The van der Waals surface area contributed by atoms with Crippen molar-refractivity contribution in [3.05, 3.63) is 35.9 Å². The molecule has 3 rings (SSSR count). The number of hydrogen-bond acceptors (Lipinski definition) is 8. The van der Waals surface area contributed by atoms with Gasteiger partial charge in [-0.2, -0.15) is 0 Å². The lowest BCUT2D eigenvalue weighted by atomic mass is 10.1. The summed E-state index contributed by atoms with van der Waals surface area (Å²) in [6.45, 7) is 4.57. The minimum Gasteiger partial charge on any atom is -0.463 e. The number of esters is 1. The minimum atomic E-state index is -0.865. The quantitative estimate of drug-likeness (QED) is 0.620. The van der Waals surface area contributed by atoms with Gasteiger partial charge in [0.1, 0.15) is 38.1 Å². The largest absolute Gasteiger partial charge is 0.463 e.